The van der Waals surface area contributed by atoms with Crippen LogP contribution in [0, 0.1) is 0 Å². The lowest BCUT2D eigenvalue weighted by atomic mass is 10.0. The molecule has 11 aromatic rings. The average Bonchev–Trinajstić information content (AvgIpc) is 3.71. The van der Waals surface area contributed by atoms with Gasteiger partial charge in [-0.25, -0.2) is 24.9 Å². The summed E-state index contributed by atoms with van der Waals surface area (Å²) >= 11 is 0. The molecule has 6 nitrogen and oxygen atoms in total. The highest BCUT2D eigenvalue weighted by Crippen LogP contribution is 2.40. The predicted octanol–water partition coefficient (Wildman–Crippen LogP) is 13.4. The van der Waals surface area contributed by atoms with E-state index in [1.807, 2.05) is 140 Å². The van der Waals surface area contributed by atoms with Gasteiger partial charge in [0.25, 0.3) is 0 Å². The summed E-state index contributed by atoms with van der Waals surface area (Å²) in [5.41, 5.74) is 9.85. The number of hydrogen-bond donors (Lipinski definition) is 0. The summed E-state index contributed by atoms with van der Waals surface area (Å²) in [7, 11) is 0. The number of nitrogens with zero attached hydrogens (tertiary/aromatic N) is 6. The molecule has 0 radical (unpaired) electrons. The SMILES string of the molecule is [2H]c1c([2H])c([2H])c(-c2nc(-c3ccccc3)nc(-c3cc(-c4cc(-c5ccccc5)nc(-c5ccccc5)n4)ccc3-n3c4ccccc4c4ccc(-c5ccccc5)cc43)n2)c([2H])c1[2H]. The summed E-state index contributed by atoms with van der Waals surface area (Å²) in [6.07, 6.45) is 0. The minimum absolute atomic E-state index is 0.0550. The molecule has 8 aromatic carbocycles. The molecule has 0 saturated carbocycles. The summed E-state index contributed by atoms with van der Waals surface area (Å²) in [4.78, 5) is 25.3. The van der Waals surface area contributed by atoms with E-state index in [9.17, 15) is 0 Å². The maximum atomic E-state index is 8.99. The number of hydrogen-bond acceptors (Lipinski definition) is 5. The van der Waals surface area contributed by atoms with E-state index in [-0.39, 0.29) is 23.0 Å². The predicted molar refractivity (Wildman–Crippen MR) is 248 cm³/mol. The van der Waals surface area contributed by atoms with E-state index < -0.39 is 30.2 Å². The van der Waals surface area contributed by atoms with Crippen LogP contribution in [-0.2, 0) is 0 Å². The average molecular weight is 786 g/mol. The molecule has 0 fully saturated rings. The highest BCUT2D eigenvalue weighted by Gasteiger charge is 2.22. The van der Waals surface area contributed by atoms with Crippen molar-refractivity contribution >= 4 is 21.8 Å². The van der Waals surface area contributed by atoms with E-state index in [1.165, 1.54) is 0 Å². The zero-order chi connectivity index (χ0) is 44.9. The second-order valence-electron chi connectivity index (χ2n) is 14.5. The number of aromatic nitrogens is 6. The normalized spacial score (nSPS) is 12.4. The number of para-hydroxylation sites is 1. The topological polar surface area (TPSA) is 69.4 Å². The highest BCUT2D eigenvalue weighted by atomic mass is 15.1. The van der Waals surface area contributed by atoms with Gasteiger partial charge in [0, 0.05) is 44.2 Å². The van der Waals surface area contributed by atoms with Gasteiger partial charge in [-0.3, -0.25) is 0 Å². The van der Waals surface area contributed by atoms with Crippen LogP contribution in [0.15, 0.2) is 218 Å². The van der Waals surface area contributed by atoms with Gasteiger partial charge in [0.2, 0.25) is 0 Å². The maximum absolute atomic E-state index is 8.99. The lowest BCUT2D eigenvalue weighted by Gasteiger charge is -2.17. The summed E-state index contributed by atoms with van der Waals surface area (Å²) in [5.74, 6) is 1.00. The van der Waals surface area contributed by atoms with E-state index in [0.717, 1.165) is 61.0 Å². The van der Waals surface area contributed by atoms with Crippen molar-refractivity contribution < 1.29 is 6.85 Å². The van der Waals surface area contributed by atoms with Gasteiger partial charge in [0.1, 0.15) is 0 Å². The van der Waals surface area contributed by atoms with Gasteiger partial charge < -0.3 is 4.57 Å². The fourth-order valence-corrected chi connectivity index (χ4v) is 7.86. The van der Waals surface area contributed by atoms with E-state index in [1.54, 1.807) is 0 Å². The molecule has 0 N–H and O–H groups in total. The Morgan fingerprint density at radius 3 is 1.51 bits per heavy atom. The van der Waals surface area contributed by atoms with Crippen molar-refractivity contribution in [2.75, 3.05) is 0 Å². The van der Waals surface area contributed by atoms with E-state index in [2.05, 4.69) is 53.1 Å². The molecule has 3 aromatic heterocycles. The van der Waals surface area contributed by atoms with Crippen molar-refractivity contribution in [3.05, 3.63) is 218 Å². The zero-order valence-corrected chi connectivity index (χ0v) is 32.6. The molecule has 0 saturated heterocycles. The summed E-state index contributed by atoms with van der Waals surface area (Å²) in [6, 6.07) is 60.1. The first-order valence-electron chi connectivity index (χ1n) is 22.4. The molecule has 0 aliphatic carbocycles. The third-order valence-corrected chi connectivity index (χ3v) is 10.8. The standard InChI is InChI=1S/C55H36N6/c1-6-18-37(19-7-1)42-30-32-45-44-28-16-17-29-49(44)61(51(45)35-42)50-33-31-43(48-36-47(38-20-8-2-9-21-38)56-52(57-48)39-22-10-3-11-23-39)34-46(50)55-59-53(40-24-12-4-13-25-40)58-54(60-55)41-26-14-5-15-27-41/h1-36H/i4D,12D,13D,24D,25D. The van der Waals surface area contributed by atoms with Crippen molar-refractivity contribution in [1.29, 1.82) is 0 Å². The molecule has 286 valence electrons. The van der Waals surface area contributed by atoms with Crippen LogP contribution in [0.1, 0.15) is 6.85 Å². The molecule has 0 unspecified atom stereocenters. The largest absolute Gasteiger partial charge is 0.308 e. The van der Waals surface area contributed by atoms with Gasteiger partial charge >= 0.3 is 0 Å². The molecule has 11 rings (SSSR count). The van der Waals surface area contributed by atoms with Crippen LogP contribution in [0.4, 0.5) is 0 Å². The molecule has 0 amide bonds. The molecule has 0 spiro atoms. The van der Waals surface area contributed by atoms with E-state index in [0.29, 0.717) is 22.6 Å². The van der Waals surface area contributed by atoms with Crippen molar-refractivity contribution in [3.63, 3.8) is 0 Å². The first-order chi connectivity index (χ1) is 32.3. The molecule has 61 heavy (non-hydrogen) atoms. The smallest absolute Gasteiger partial charge is 0.166 e. The Labute approximate surface area is 360 Å². The van der Waals surface area contributed by atoms with Gasteiger partial charge in [-0.1, -0.05) is 188 Å². The Hall–Kier alpha value is -8.35. The fourth-order valence-electron chi connectivity index (χ4n) is 7.86. The van der Waals surface area contributed by atoms with Gasteiger partial charge in [-0.15, -0.1) is 0 Å². The summed E-state index contributed by atoms with van der Waals surface area (Å²) < 4.78 is 45.7. The highest BCUT2D eigenvalue weighted by molar-refractivity contribution is 6.10. The summed E-state index contributed by atoms with van der Waals surface area (Å²) in [5, 5.41) is 2.11. The monoisotopic (exact) mass is 785 g/mol. The third kappa shape index (κ3) is 6.82. The second-order valence-corrected chi connectivity index (χ2v) is 14.5. The molecule has 0 bridgehead atoms. The Bertz CT molecular complexity index is 3560. The lowest BCUT2D eigenvalue weighted by Crippen LogP contribution is -2.04. The van der Waals surface area contributed by atoms with E-state index in [4.69, 9.17) is 31.8 Å². The van der Waals surface area contributed by atoms with Crippen LogP contribution >= 0.6 is 0 Å². The quantitative estimate of drug-likeness (QED) is 0.153. The molecule has 0 aliphatic rings. The zero-order valence-electron chi connectivity index (χ0n) is 37.6. The Balaban J connectivity index is 1.24. The van der Waals surface area contributed by atoms with Crippen molar-refractivity contribution in [2.45, 2.75) is 0 Å². The molecule has 3 heterocycles. The van der Waals surface area contributed by atoms with Crippen molar-refractivity contribution in [3.8, 4) is 84.9 Å². The van der Waals surface area contributed by atoms with Crippen molar-refractivity contribution in [2.24, 2.45) is 0 Å². The minimum atomic E-state index is -0.503. The number of rotatable bonds is 8. The third-order valence-electron chi connectivity index (χ3n) is 10.8. The molecule has 6 heteroatoms. The Kier molecular flexibility index (Phi) is 7.77. The number of benzene rings is 8. The molecule has 0 aliphatic heterocycles. The Morgan fingerprint density at radius 1 is 0.328 bits per heavy atom. The van der Waals surface area contributed by atoms with Gasteiger partial charge in [-0.05, 0) is 41.5 Å². The van der Waals surface area contributed by atoms with Gasteiger partial charge in [0.05, 0.1) is 35.0 Å². The first-order valence-corrected chi connectivity index (χ1v) is 19.9. The fraction of sp³-hybridized carbons (Fsp3) is 0. The van der Waals surface area contributed by atoms with Gasteiger partial charge in [0.15, 0.2) is 23.3 Å². The molecule has 0 atom stereocenters. The lowest BCUT2D eigenvalue weighted by molar-refractivity contribution is 1.06. The summed E-state index contributed by atoms with van der Waals surface area (Å²) in [6.45, 7) is 0. The maximum Gasteiger partial charge on any atom is 0.166 e. The van der Waals surface area contributed by atoms with Crippen molar-refractivity contribution in [1.82, 2.24) is 29.5 Å². The Morgan fingerprint density at radius 2 is 0.836 bits per heavy atom. The van der Waals surface area contributed by atoms with E-state index >= 15 is 0 Å². The van der Waals surface area contributed by atoms with Crippen LogP contribution < -0.4 is 0 Å². The second kappa shape index (κ2) is 15.4. The van der Waals surface area contributed by atoms with Crippen LogP contribution in [0.5, 0.6) is 0 Å². The van der Waals surface area contributed by atoms with Crippen LogP contribution in [0.3, 0.4) is 0 Å². The van der Waals surface area contributed by atoms with Gasteiger partial charge in [-0.2, -0.15) is 0 Å². The minimum Gasteiger partial charge on any atom is -0.308 e. The number of fused-ring (bicyclic) bond motifs is 3. The van der Waals surface area contributed by atoms with Crippen LogP contribution in [-0.4, -0.2) is 29.5 Å². The van der Waals surface area contributed by atoms with Crippen LogP contribution in [0.2, 0.25) is 0 Å². The molecular formula is C55H36N6. The van der Waals surface area contributed by atoms with Crippen LogP contribution in [0.25, 0.3) is 107 Å². The molecular weight excluding hydrogens is 745 g/mol. The first kappa shape index (κ1) is 30.7.